The fourth-order valence-corrected chi connectivity index (χ4v) is 6.16. The van der Waals surface area contributed by atoms with E-state index < -0.39 is 36.3 Å². The van der Waals surface area contributed by atoms with Gasteiger partial charge in [0.15, 0.2) is 17.5 Å². The molecule has 0 aliphatic rings. The minimum atomic E-state index is -0.502. The van der Waals surface area contributed by atoms with Crippen LogP contribution in [0.1, 0.15) is 11.0 Å². The van der Waals surface area contributed by atoms with Crippen molar-refractivity contribution in [1.29, 1.82) is 0 Å². The minimum absolute atomic E-state index is 0.00100. The summed E-state index contributed by atoms with van der Waals surface area (Å²) in [5, 5.41) is -0.00201. The topological polar surface area (TPSA) is 43.6 Å². The van der Waals surface area contributed by atoms with E-state index in [1.807, 2.05) is 121 Å². The van der Waals surface area contributed by atoms with Crippen LogP contribution in [0.3, 0.4) is 0 Å². The van der Waals surface area contributed by atoms with Crippen molar-refractivity contribution in [1.82, 2.24) is 19.5 Å². The van der Waals surface area contributed by atoms with E-state index in [1.165, 1.54) is 4.57 Å². The van der Waals surface area contributed by atoms with Gasteiger partial charge in [-0.1, -0.05) is 145 Å². The van der Waals surface area contributed by atoms with Gasteiger partial charge in [-0.15, -0.1) is 0 Å². The van der Waals surface area contributed by atoms with E-state index in [0.29, 0.717) is 34.3 Å². The molecule has 0 amide bonds. The molecule has 0 bridgehead atoms. The number of para-hydroxylation sites is 2. The Bertz CT molecular complexity index is 2910. The van der Waals surface area contributed by atoms with Gasteiger partial charge in [0.05, 0.1) is 22.0 Å². The number of hydrogen-bond acceptors (Lipinski definition) is 3. The molecule has 0 fully saturated rings. The van der Waals surface area contributed by atoms with Gasteiger partial charge < -0.3 is 4.57 Å². The standard InChI is InChI=1S/C45H30N4/c1-4-15-31(16-5-1)34-21-14-22-35(27-34)36-28-37(30-38(29-36)49-41-25-12-10-23-39(41)40-24-11-13-26-42(40)49)45-47-43(32-17-6-2-7-18-32)46-44(48-45)33-19-8-3-9-20-33/h1-30H/i10D,11D,12D,13D,23D,24D,25D,26D. The Morgan fingerprint density at radius 3 is 1.33 bits per heavy atom. The quantitative estimate of drug-likeness (QED) is 0.183. The fraction of sp³-hybridized carbons (Fsp3) is 0. The molecule has 0 spiro atoms. The fourth-order valence-electron chi connectivity index (χ4n) is 6.16. The molecule has 0 saturated heterocycles. The van der Waals surface area contributed by atoms with Crippen LogP contribution in [0.15, 0.2) is 182 Å². The predicted molar refractivity (Wildman–Crippen MR) is 201 cm³/mol. The van der Waals surface area contributed by atoms with Gasteiger partial charge >= 0.3 is 0 Å². The number of hydrogen-bond donors (Lipinski definition) is 0. The maximum Gasteiger partial charge on any atom is 0.164 e. The second kappa shape index (κ2) is 12.2. The first-order chi connectivity index (χ1) is 27.6. The predicted octanol–water partition coefficient (Wildman–Crippen LogP) is 11.3. The van der Waals surface area contributed by atoms with E-state index in [1.54, 1.807) is 6.07 Å². The minimum Gasteiger partial charge on any atom is -0.309 e. The van der Waals surface area contributed by atoms with E-state index in [0.717, 1.165) is 27.8 Å². The zero-order chi connectivity index (χ0) is 39.5. The highest BCUT2D eigenvalue weighted by Gasteiger charge is 2.17. The van der Waals surface area contributed by atoms with Gasteiger partial charge in [0, 0.05) is 33.2 Å². The largest absolute Gasteiger partial charge is 0.309 e. The lowest BCUT2D eigenvalue weighted by Crippen LogP contribution is -2.01. The molecular weight excluding hydrogens is 597 g/mol. The number of nitrogens with zero attached hydrogens (tertiary/aromatic N) is 4. The third-order valence-electron chi connectivity index (χ3n) is 8.47. The second-order valence-corrected chi connectivity index (χ2v) is 11.5. The molecule has 0 saturated carbocycles. The van der Waals surface area contributed by atoms with Gasteiger partial charge in [0.25, 0.3) is 0 Å². The molecule has 0 aliphatic carbocycles. The molecule has 49 heavy (non-hydrogen) atoms. The van der Waals surface area contributed by atoms with Crippen molar-refractivity contribution >= 4 is 21.8 Å². The zero-order valence-corrected chi connectivity index (χ0v) is 26.0. The number of rotatable bonds is 6. The average Bonchev–Trinajstić information content (AvgIpc) is 3.63. The van der Waals surface area contributed by atoms with Crippen molar-refractivity contribution in [3.8, 4) is 62.1 Å². The number of benzene rings is 7. The van der Waals surface area contributed by atoms with Crippen molar-refractivity contribution in [2.75, 3.05) is 0 Å². The van der Waals surface area contributed by atoms with Crippen molar-refractivity contribution in [3.05, 3.63) is 182 Å². The normalized spacial score (nSPS) is 13.6. The maximum absolute atomic E-state index is 9.14. The first-order valence-electron chi connectivity index (χ1n) is 19.8. The highest BCUT2D eigenvalue weighted by Crippen LogP contribution is 2.37. The lowest BCUT2D eigenvalue weighted by Gasteiger charge is -2.15. The molecule has 4 heteroatoms. The number of aromatic nitrogens is 4. The summed E-state index contributed by atoms with van der Waals surface area (Å²) < 4.78 is 72.1. The summed E-state index contributed by atoms with van der Waals surface area (Å²) in [6, 6.07) is 39.2. The van der Waals surface area contributed by atoms with Crippen LogP contribution >= 0.6 is 0 Å². The highest BCUT2D eigenvalue weighted by atomic mass is 15.0. The molecular formula is C45H30N4. The van der Waals surface area contributed by atoms with Gasteiger partial charge in [-0.25, -0.2) is 15.0 Å². The molecule has 9 rings (SSSR count). The summed E-state index contributed by atoms with van der Waals surface area (Å²) in [5.74, 6) is 1.21. The summed E-state index contributed by atoms with van der Waals surface area (Å²) in [5.41, 5.74) is 6.04. The number of fused-ring (bicyclic) bond motifs is 3. The monoisotopic (exact) mass is 634 g/mol. The van der Waals surface area contributed by atoms with Crippen molar-refractivity contribution < 1.29 is 11.0 Å². The Balaban J connectivity index is 1.41. The molecule has 0 radical (unpaired) electrons. The van der Waals surface area contributed by atoms with Crippen LogP contribution in [0.25, 0.3) is 83.9 Å². The van der Waals surface area contributed by atoms with Crippen LogP contribution < -0.4 is 0 Å². The van der Waals surface area contributed by atoms with E-state index in [4.69, 9.17) is 25.9 Å². The maximum atomic E-state index is 9.14. The molecule has 0 aliphatic heterocycles. The lowest BCUT2D eigenvalue weighted by atomic mass is 9.97. The van der Waals surface area contributed by atoms with Gasteiger partial charge in [0.2, 0.25) is 0 Å². The molecule has 7 aromatic carbocycles. The summed E-state index contributed by atoms with van der Waals surface area (Å²) in [6.45, 7) is 0. The van der Waals surface area contributed by atoms with E-state index >= 15 is 0 Å². The molecule has 2 heterocycles. The summed E-state index contributed by atoms with van der Waals surface area (Å²) in [6.07, 6.45) is 0. The SMILES string of the molecule is [2H]c1c([2H])c([2H])c2c(c1[2H])c1c([2H])c([2H])c([2H])c([2H])c1n2-c1cc(-c2cccc(-c3ccccc3)c2)cc(-c2nc(-c3ccccc3)nc(-c3ccccc3)n2)c1. The van der Waals surface area contributed by atoms with Crippen LogP contribution in [-0.4, -0.2) is 19.5 Å². The van der Waals surface area contributed by atoms with Crippen molar-refractivity contribution in [2.24, 2.45) is 0 Å². The van der Waals surface area contributed by atoms with Crippen LogP contribution in [0.4, 0.5) is 0 Å². The summed E-state index contributed by atoms with van der Waals surface area (Å²) >= 11 is 0. The zero-order valence-electron chi connectivity index (χ0n) is 34.0. The Morgan fingerprint density at radius 1 is 0.367 bits per heavy atom. The Kier molecular flexibility index (Phi) is 5.29. The van der Waals surface area contributed by atoms with Crippen LogP contribution in [0, 0.1) is 0 Å². The van der Waals surface area contributed by atoms with E-state index in [9.17, 15) is 0 Å². The molecule has 9 aromatic rings. The highest BCUT2D eigenvalue weighted by molar-refractivity contribution is 6.09. The molecule has 230 valence electrons. The van der Waals surface area contributed by atoms with Crippen LogP contribution in [0.2, 0.25) is 0 Å². The van der Waals surface area contributed by atoms with Gasteiger partial charge in [-0.3, -0.25) is 0 Å². The molecule has 4 nitrogen and oxygen atoms in total. The second-order valence-electron chi connectivity index (χ2n) is 11.5. The summed E-state index contributed by atoms with van der Waals surface area (Å²) in [4.78, 5) is 14.8. The third kappa shape index (κ3) is 5.35. The average molecular weight is 635 g/mol. The van der Waals surface area contributed by atoms with Crippen molar-refractivity contribution in [3.63, 3.8) is 0 Å². The molecule has 0 atom stereocenters. The lowest BCUT2D eigenvalue weighted by molar-refractivity contribution is 1.07. The summed E-state index contributed by atoms with van der Waals surface area (Å²) in [7, 11) is 0. The van der Waals surface area contributed by atoms with Crippen LogP contribution in [-0.2, 0) is 0 Å². The van der Waals surface area contributed by atoms with Crippen LogP contribution in [0.5, 0.6) is 0 Å². The van der Waals surface area contributed by atoms with Gasteiger partial charge in [-0.2, -0.15) is 0 Å². The van der Waals surface area contributed by atoms with Gasteiger partial charge in [0.1, 0.15) is 0 Å². The van der Waals surface area contributed by atoms with Gasteiger partial charge in [-0.05, 0) is 58.6 Å². The third-order valence-corrected chi connectivity index (χ3v) is 8.47. The molecule has 2 aromatic heterocycles. The van der Waals surface area contributed by atoms with E-state index in [-0.39, 0.29) is 33.9 Å². The molecule has 0 N–H and O–H groups in total. The first-order valence-corrected chi connectivity index (χ1v) is 15.8. The first kappa shape index (κ1) is 21.3. The Labute approximate surface area is 295 Å². The van der Waals surface area contributed by atoms with Crippen molar-refractivity contribution in [2.45, 2.75) is 0 Å². The Morgan fingerprint density at radius 2 is 0.776 bits per heavy atom. The molecule has 0 unspecified atom stereocenters. The Hall–Kier alpha value is -6.65. The smallest absolute Gasteiger partial charge is 0.164 e. The van der Waals surface area contributed by atoms with E-state index in [2.05, 4.69) is 6.07 Å².